The van der Waals surface area contributed by atoms with Crippen LogP contribution >= 0.6 is 11.6 Å². The van der Waals surface area contributed by atoms with Crippen molar-refractivity contribution in [3.63, 3.8) is 0 Å². The molecule has 0 atom stereocenters. The van der Waals surface area contributed by atoms with Gasteiger partial charge in [0, 0.05) is 5.69 Å². The molecule has 0 aliphatic heterocycles. The fraction of sp³-hybridized carbons (Fsp3) is 0.182. The second-order valence-electron chi connectivity index (χ2n) is 3.23. The summed E-state index contributed by atoms with van der Waals surface area (Å²) in [6.45, 7) is 4.05. The van der Waals surface area contributed by atoms with Gasteiger partial charge < -0.3 is 0 Å². The van der Waals surface area contributed by atoms with Crippen LogP contribution in [0.3, 0.4) is 0 Å². The maximum absolute atomic E-state index is 5.87. The Kier molecular flexibility index (Phi) is 1.97. The van der Waals surface area contributed by atoms with Crippen molar-refractivity contribution in [1.82, 2.24) is 4.98 Å². The van der Waals surface area contributed by atoms with Gasteiger partial charge in [0.05, 0.1) is 0 Å². The van der Waals surface area contributed by atoms with Crippen LogP contribution < -0.4 is 0 Å². The van der Waals surface area contributed by atoms with Crippen molar-refractivity contribution in [2.75, 3.05) is 0 Å². The molecule has 0 amide bonds. The summed E-state index contributed by atoms with van der Waals surface area (Å²) in [5, 5.41) is 0.565. The summed E-state index contributed by atoms with van der Waals surface area (Å²) in [5.41, 5.74) is 4.70. The molecule has 1 aliphatic rings. The minimum Gasteiger partial charge on any atom is -0.241 e. The number of rotatable bonds is 1. The molecular formula is C11H10ClN. The van der Waals surface area contributed by atoms with Gasteiger partial charge >= 0.3 is 0 Å². The van der Waals surface area contributed by atoms with E-state index in [4.69, 9.17) is 11.6 Å². The number of aryl methyl sites for hydroxylation is 1. The molecule has 1 aromatic rings. The molecule has 66 valence electrons. The minimum atomic E-state index is 0.565. The van der Waals surface area contributed by atoms with Gasteiger partial charge in [0.25, 0.3) is 0 Å². The third kappa shape index (κ3) is 1.81. The summed E-state index contributed by atoms with van der Waals surface area (Å²) in [4.78, 5) is 4.12. The van der Waals surface area contributed by atoms with Crippen LogP contribution in [0.2, 0.25) is 5.15 Å². The topological polar surface area (TPSA) is 12.9 Å². The Morgan fingerprint density at radius 1 is 1.31 bits per heavy atom. The molecule has 1 aliphatic carbocycles. The molecule has 0 unspecified atom stereocenters. The standard InChI is InChI=1S/C11H10ClN/c1-7-5-10(6-11(12)13-7)8(2)9-3-4-9/h3-6H,1-2H3. The molecule has 0 bridgehead atoms. The smallest absolute Gasteiger partial charge is 0.129 e. The van der Waals surface area contributed by atoms with Crippen LogP contribution in [0.1, 0.15) is 18.2 Å². The summed E-state index contributed by atoms with van der Waals surface area (Å²) >= 11 is 5.87. The van der Waals surface area contributed by atoms with Gasteiger partial charge in [-0.05, 0) is 42.7 Å². The minimum absolute atomic E-state index is 0.565. The maximum Gasteiger partial charge on any atom is 0.129 e. The van der Waals surface area contributed by atoms with Crippen LogP contribution in [0.15, 0.2) is 29.9 Å². The highest BCUT2D eigenvalue weighted by molar-refractivity contribution is 6.29. The molecule has 0 fully saturated rings. The molecule has 0 saturated heterocycles. The van der Waals surface area contributed by atoms with Gasteiger partial charge in [-0.3, -0.25) is 0 Å². The van der Waals surface area contributed by atoms with Gasteiger partial charge in [-0.2, -0.15) is 0 Å². The SMILES string of the molecule is CC(=C1C=C1)c1cc(C)nc(Cl)c1. The maximum atomic E-state index is 5.87. The lowest BCUT2D eigenvalue weighted by molar-refractivity contribution is 1.19. The summed E-state index contributed by atoms with van der Waals surface area (Å²) in [6.07, 6.45) is 4.19. The predicted molar refractivity (Wildman–Crippen MR) is 55.7 cm³/mol. The first kappa shape index (κ1) is 8.52. The number of allylic oxidation sites excluding steroid dienone is 4. The molecule has 2 rings (SSSR count). The lowest BCUT2D eigenvalue weighted by atomic mass is 10.1. The van der Waals surface area contributed by atoms with E-state index in [-0.39, 0.29) is 0 Å². The monoisotopic (exact) mass is 191 g/mol. The average Bonchev–Trinajstić information content (AvgIpc) is 2.83. The zero-order valence-electron chi connectivity index (χ0n) is 7.63. The van der Waals surface area contributed by atoms with Crippen LogP contribution in [-0.4, -0.2) is 4.98 Å². The molecule has 1 aromatic heterocycles. The highest BCUT2D eigenvalue weighted by atomic mass is 35.5. The molecule has 0 saturated carbocycles. The van der Waals surface area contributed by atoms with Gasteiger partial charge in [-0.15, -0.1) is 0 Å². The molecule has 1 nitrogen and oxygen atoms in total. The third-order valence-electron chi connectivity index (χ3n) is 2.12. The van der Waals surface area contributed by atoms with E-state index in [9.17, 15) is 0 Å². The number of aromatic nitrogens is 1. The first-order valence-corrected chi connectivity index (χ1v) is 4.58. The fourth-order valence-electron chi connectivity index (χ4n) is 1.30. The molecule has 0 radical (unpaired) electrons. The van der Waals surface area contributed by atoms with Gasteiger partial charge in [0.1, 0.15) is 5.15 Å². The third-order valence-corrected chi connectivity index (χ3v) is 2.32. The Balaban J connectivity index is 2.46. The van der Waals surface area contributed by atoms with Gasteiger partial charge in [0.15, 0.2) is 0 Å². The van der Waals surface area contributed by atoms with Crippen LogP contribution in [-0.2, 0) is 0 Å². The van der Waals surface area contributed by atoms with Crippen LogP contribution in [0.25, 0.3) is 5.57 Å². The van der Waals surface area contributed by atoms with E-state index >= 15 is 0 Å². The largest absolute Gasteiger partial charge is 0.241 e. The van der Waals surface area contributed by atoms with Gasteiger partial charge in [-0.25, -0.2) is 4.98 Å². The number of hydrogen-bond donors (Lipinski definition) is 0. The van der Waals surface area contributed by atoms with E-state index in [0.29, 0.717) is 5.15 Å². The van der Waals surface area contributed by atoms with Gasteiger partial charge in [-0.1, -0.05) is 23.8 Å². The summed E-state index contributed by atoms with van der Waals surface area (Å²) in [7, 11) is 0. The summed E-state index contributed by atoms with van der Waals surface area (Å²) in [5.74, 6) is 0. The fourth-order valence-corrected chi connectivity index (χ4v) is 1.55. The zero-order chi connectivity index (χ0) is 9.42. The van der Waals surface area contributed by atoms with Crippen molar-refractivity contribution in [2.24, 2.45) is 0 Å². The normalized spacial score (nSPS) is 13.3. The average molecular weight is 192 g/mol. The van der Waals surface area contributed by atoms with Crippen molar-refractivity contribution < 1.29 is 0 Å². The molecule has 13 heavy (non-hydrogen) atoms. The molecule has 0 N–H and O–H groups in total. The van der Waals surface area contributed by atoms with Gasteiger partial charge in [0.2, 0.25) is 0 Å². The van der Waals surface area contributed by atoms with E-state index in [0.717, 1.165) is 11.3 Å². The number of pyridine rings is 1. The number of nitrogens with zero attached hydrogens (tertiary/aromatic N) is 1. The lowest BCUT2D eigenvalue weighted by Gasteiger charge is -2.02. The first-order chi connectivity index (χ1) is 6.16. The second kappa shape index (κ2) is 3.00. The first-order valence-electron chi connectivity index (χ1n) is 4.20. The molecule has 1 heterocycles. The Bertz CT molecular complexity index is 388. The van der Waals surface area contributed by atoms with Crippen LogP contribution in [0, 0.1) is 6.92 Å². The quantitative estimate of drug-likeness (QED) is 0.621. The zero-order valence-corrected chi connectivity index (χ0v) is 8.39. The van der Waals surface area contributed by atoms with E-state index in [2.05, 4.69) is 24.1 Å². The molecule has 0 aromatic carbocycles. The molecular weight excluding hydrogens is 182 g/mol. The Hall–Kier alpha value is -1.08. The summed E-state index contributed by atoms with van der Waals surface area (Å²) in [6, 6.07) is 3.95. The van der Waals surface area contributed by atoms with Crippen molar-refractivity contribution in [2.45, 2.75) is 13.8 Å². The molecule has 2 heteroatoms. The van der Waals surface area contributed by atoms with Crippen molar-refractivity contribution >= 4 is 17.2 Å². The summed E-state index contributed by atoms with van der Waals surface area (Å²) < 4.78 is 0. The van der Waals surface area contributed by atoms with Crippen molar-refractivity contribution in [1.29, 1.82) is 0 Å². The van der Waals surface area contributed by atoms with Crippen LogP contribution in [0.4, 0.5) is 0 Å². The predicted octanol–water partition coefficient (Wildman–Crippen LogP) is 3.39. The Morgan fingerprint density at radius 2 is 2.00 bits per heavy atom. The van der Waals surface area contributed by atoms with E-state index in [1.54, 1.807) is 0 Å². The van der Waals surface area contributed by atoms with Crippen molar-refractivity contribution in [3.8, 4) is 0 Å². The Morgan fingerprint density at radius 3 is 2.54 bits per heavy atom. The highest BCUT2D eigenvalue weighted by Gasteiger charge is 2.08. The lowest BCUT2D eigenvalue weighted by Crippen LogP contribution is -1.87. The van der Waals surface area contributed by atoms with E-state index in [1.165, 1.54) is 11.1 Å². The molecule has 0 spiro atoms. The number of halogens is 1. The van der Waals surface area contributed by atoms with Crippen molar-refractivity contribution in [3.05, 3.63) is 46.3 Å². The highest BCUT2D eigenvalue weighted by Crippen LogP contribution is 2.28. The van der Waals surface area contributed by atoms with E-state index in [1.807, 2.05) is 19.1 Å². The number of hydrogen-bond acceptors (Lipinski definition) is 1. The Labute approximate surface area is 82.8 Å². The van der Waals surface area contributed by atoms with Crippen LogP contribution in [0.5, 0.6) is 0 Å². The second-order valence-corrected chi connectivity index (χ2v) is 3.62. The van der Waals surface area contributed by atoms with E-state index < -0.39 is 0 Å².